The topological polar surface area (TPSA) is 28.8 Å². The van der Waals surface area contributed by atoms with Crippen LogP contribution in [0.15, 0.2) is 145 Å². The van der Waals surface area contributed by atoms with Gasteiger partial charge < -0.3 is 9.72 Å². The van der Waals surface area contributed by atoms with Crippen molar-refractivity contribution in [2.45, 2.75) is 6.17 Å². The summed E-state index contributed by atoms with van der Waals surface area (Å²) in [5.41, 5.74) is 11.7. The third kappa shape index (κ3) is 3.23. The van der Waals surface area contributed by atoms with Crippen molar-refractivity contribution in [2.24, 2.45) is 4.99 Å². The highest BCUT2D eigenvalue weighted by Crippen LogP contribution is 2.44. The number of hydrogen-bond donors (Lipinski definition) is 1. The number of aromatic nitrogens is 1. The molecule has 0 saturated carbocycles. The predicted molar refractivity (Wildman–Crippen MR) is 171 cm³/mol. The van der Waals surface area contributed by atoms with E-state index in [0.717, 1.165) is 22.5 Å². The van der Waals surface area contributed by atoms with E-state index in [4.69, 9.17) is 4.99 Å². The lowest BCUT2D eigenvalue weighted by molar-refractivity contribution is 0.837. The van der Waals surface area contributed by atoms with E-state index in [1.54, 1.807) is 0 Å². The van der Waals surface area contributed by atoms with E-state index in [1.165, 1.54) is 54.8 Å². The second kappa shape index (κ2) is 8.54. The van der Waals surface area contributed by atoms with Crippen LogP contribution >= 0.6 is 0 Å². The zero-order valence-corrected chi connectivity index (χ0v) is 22.3. The molecule has 41 heavy (non-hydrogen) atoms. The fourth-order valence-corrected chi connectivity index (χ4v) is 6.74. The van der Waals surface area contributed by atoms with Crippen molar-refractivity contribution in [3.63, 3.8) is 0 Å². The molecule has 1 atom stereocenters. The van der Waals surface area contributed by atoms with Crippen LogP contribution < -0.4 is 5.32 Å². The number of rotatable bonds is 3. The molecule has 8 aromatic rings. The molecule has 192 valence electrons. The molecule has 0 spiro atoms. The van der Waals surface area contributed by atoms with E-state index in [0.29, 0.717) is 0 Å². The van der Waals surface area contributed by atoms with Gasteiger partial charge in [-0.25, -0.2) is 0 Å². The molecule has 3 nitrogen and oxygen atoms in total. The zero-order chi connectivity index (χ0) is 26.9. The van der Waals surface area contributed by atoms with Crippen molar-refractivity contribution in [3.05, 3.63) is 156 Å². The molecule has 2 aromatic heterocycles. The van der Waals surface area contributed by atoms with Crippen molar-refractivity contribution in [1.82, 2.24) is 4.40 Å². The Balaban J connectivity index is 1.27. The summed E-state index contributed by atoms with van der Waals surface area (Å²) < 4.78 is 2.43. The minimum Gasteiger partial charge on any atom is -0.359 e. The highest BCUT2D eigenvalue weighted by atomic mass is 15.1. The smallest absolute Gasteiger partial charge is 0.146 e. The Labute approximate surface area is 237 Å². The lowest BCUT2D eigenvalue weighted by Crippen LogP contribution is -2.20. The maximum Gasteiger partial charge on any atom is 0.146 e. The Hall–Kier alpha value is -5.41. The molecule has 6 aromatic carbocycles. The van der Waals surface area contributed by atoms with Gasteiger partial charge in [-0.2, -0.15) is 0 Å². The molecule has 0 amide bonds. The summed E-state index contributed by atoms with van der Waals surface area (Å²) in [7, 11) is 0. The van der Waals surface area contributed by atoms with Gasteiger partial charge in [0.15, 0.2) is 0 Å². The summed E-state index contributed by atoms with van der Waals surface area (Å²) in [6.45, 7) is 0. The summed E-state index contributed by atoms with van der Waals surface area (Å²) in [5.74, 6) is 0. The lowest BCUT2D eigenvalue weighted by atomic mass is 9.94. The number of nitrogens with zero attached hydrogens (tertiary/aromatic N) is 2. The fourth-order valence-electron chi connectivity index (χ4n) is 6.74. The summed E-state index contributed by atoms with van der Waals surface area (Å²) in [6.07, 6.45) is -0.217. The Morgan fingerprint density at radius 3 is 1.98 bits per heavy atom. The maximum absolute atomic E-state index is 5.43. The third-order valence-corrected chi connectivity index (χ3v) is 8.58. The first-order chi connectivity index (χ1) is 20.3. The minimum absolute atomic E-state index is 0.217. The molecule has 0 radical (unpaired) electrons. The Bertz CT molecular complexity index is 2270. The van der Waals surface area contributed by atoms with Crippen LogP contribution in [0.2, 0.25) is 0 Å². The second-order valence-electron chi connectivity index (χ2n) is 10.8. The molecule has 3 heterocycles. The highest BCUT2D eigenvalue weighted by Gasteiger charge is 2.27. The van der Waals surface area contributed by atoms with Crippen LogP contribution in [0.25, 0.3) is 49.2 Å². The number of fused-ring (bicyclic) bond motifs is 7. The van der Waals surface area contributed by atoms with E-state index in [2.05, 4.69) is 149 Å². The number of para-hydroxylation sites is 3. The molecule has 1 aliphatic rings. The number of nitrogens with one attached hydrogen (secondary N) is 1. The average molecular weight is 524 g/mol. The van der Waals surface area contributed by atoms with Crippen molar-refractivity contribution in [1.29, 1.82) is 0 Å². The normalized spacial score (nSPS) is 14.9. The molecule has 0 saturated heterocycles. The number of anilines is 1. The van der Waals surface area contributed by atoms with Crippen molar-refractivity contribution in [3.8, 4) is 11.1 Å². The van der Waals surface area contributed by atoms with Gasteiger partial charge in [0.25, 0.3) is 0 Å². The number of hydrogen-bond acceptors (Lipinski definition) is 2. The van der Waals surface area contributed by atoms with Gasteiger partial charge in [0.1, 0.15) is 6.17 Å². The van der Waals surface area contributed by atoms with E-state index in [9.17, 15) is 0 Å². The number of aliphatic imine (C=N–C) groups is 1. The largest absolute Gasteiger partial charge is 0.359 e. The Morgan fingerprint density at radius 1 is 0.512 bits per heavy atom. The molecule has 0 fully saturated rings. The SMILES string of the molecule is c1ccc(-c2ccc(C3=NC(c4ccc5c6ccccc6n6c7ccccc7c4c56)Nc4ccccc43)cc2)cc1. The summed E-state index contributed by atoms with van der Waals surface area (Å²) in [6, 6.07) is 49.9. The van der Waals surface area contributed by atoms with Crippen LogP contribution in [0.5, 0.6) is 0 Å². The zero-order valence-electron chi connectivity index (χ0n) is 22.3. The standard InChI is InChI=1S/C38H25N3/c1-2-10-24(11-3-1)25-18-20-26(21-19-25)36-29-13-4-7-15-32(29)39-38(40-36)31-23-22-28-27-12-5-8-16-33(27)41-34-17-9-6-14-30(34)35(31)37(28)41/h1-23,38-39H. The van der Waals surface area contributed by atoms with Crippen molar-refractivity contribution < 1.29 is 0 Å². The van der Waals surface area contributed by atoms with Crippen LogP contribution in [-0.4, -0.2) is 10.1 Å². The van der Waals surface area contributed by atoms with E-state index < -0.39 is 0 Å². The van der Waals surface area contributed by atoms with Gasteiger partial charge in [-0.3, -0.25) is 4.99 Å². The average Bonchev–Trinajstić information content (AvgIpc) is 3.57. The number of benzene rings is 6. The van der Waals surface area contributed by atoms with E-state index in [-0.39, 0.29) is 6.17 Å². The van der Waals surface area contributed by atoms with Gasteiger partial charge in [0, 0.05) is 43.9 Å². The van der Waals surface area contributed by atoms with Gasteiger partial charge in [0.2, 0.25) is 0 Å². The second-order valence-corrected chi connectivity index (χ2v) is 10.8. The van der Waals surface area contributed by atoms with Crippen LogP contribution in [0.3, 0.4) is 0 Å². The fraction of sp³-hybridized carbons (Fsp3) is 0.0263. The summed E-state index contributed by atoms with van der Waals surface area (Å²) in [4.78, 5) is 5.43. The first kappa shape index (κ1) is 22.4. The van der Waals surface area contributed by atoms with Gasteiger partial charge in [0.05, 0.1) is 22.3 Å². The Kier molecular flexibility index (Phi) is 4.67. The Morgan fingerprint density at radius 2 is 1.15 bits per heavy atom. The van der Waals surface area contributed by atoms with Crippen LogP contribution in [0, 0.1) is 0 Å². The molecular formula is C38H25N3. The quantitative estimate of drug-likeness (QED) is 0.245. The summed E-state index contributed by atoms with van der Waals surface area (Å²) >= 11 is 0. The molecule has 1 aliphatic heterocycles. The minimum atomic E-state index is -0.217. The van der Waals surface area contributed by atoms with Gasteiger partial charge in [-0.15, -0.1) is 0 Å². The van der Waals surface area contributed by atoms with E-state index >= 15 is 0 Å². The molecule has 0 aliphatic carbocycles. The predicted octanol–water partition coefficient (Wildman–Crippen LogP) is 9.47. The van der Waals surface area contributed by atoms with Gasteiger partial charge in [-0.05, 0) is 29.3 Å². The van der Waals surface area contributed by atoms with Crippen molar-refractivity contribution >= 4 is 49.5 Å². The molecule has 9 rings (SSSR count). The first-order valence-electron chi connectivity index (χ1n) is 14.1. The third-order valence-electron chi connectivity index (χ3n) is 8.58. The van der Waals surface area contributed by atoms with Crippen LogP contribution in [-0.2, 0) is 0 Å². The molecule has 1 N–H and O–H groups in total. The van der Waals surface area contributed by atoms with Crippen LogP contribution in [0.4, 0.5) is 5.69 Å². The van der Waals surface area contributed by atoms with Crippen molar-refractivity contribution in [2.75, 3.05) is 5.32 Å². The molecule has 0 bridgehead atoms. The maximum atomic E-state index is 5.43. The molecule has 3 heteroatoms. The van der Waals surface area contributed by atoms with Gasteiger partial charge in [-0.1, -0.05) is 121 Å². The van der Waals surface area contributed by atoms with Gasteiger partial charge >= 0.3 is 0 Å². The molecule has 1 unspecified atom stereocenters. The van der Waals surface area contributed by atoms with E-state index in [1.807, 2.05) is 0 Å². The van der Waals surface area contributed by atoms with Crippen LogP contribution in [0.1, 0.15) is 22.9 Å². The lowest BCUT2D eigenvalue weighted by Gasteiger charge is -2.27. The first-order valence-corrected chi connectivity index (χ1v) is 14.1. The highest BCUT2D eigenvalue weighted by molar-refractivity contribution is 6.24. The molecular weight excluding hydrogens is 498 g/mol. The monoisotopic (exact) mass is 523 g/mol. The summed E-state index contributed by atoms with van der Waals surface area (Å²) in [5, 5.41) is 8.89.